The average Bonchev–Trinajstić information content (AvgIpc) is 2.75. The maximum absolute atomic E-state index is 12.7. The molecule has 0 unspecified atom stereocenters. The van der Waals surface area contributed by atoms with E-state index in [1.807, 2.05) is 13.8 Å². The number of halogens is 1. The lowest BCUT2D eigenvalue weighted by molar-refractivity contribution is -0.123. The van der Waals surface area contributed by atoms with Crippen LogP contribution in [0.2, 0.25) is 5.02 Å². The van der Waals surface area contributed by atoms with Crippen LogP contribution in [0.15, 0.2) is 42.5 Å². The summed E-state index contributed by atoms with van der Waals surface area (Å²) < 4.78 is 16.5. The fourth-order valence-electron chi connectivity index (χ4n) is 2.77. The molecule has 1 N–H and O–H groups in total. The van der Waals surface area contributed by atoms with Crippen LogP contribution in [-0.2, 0) is 4.79 Å². The molecule has 0 aliphatic rings. The summed E-state index contributed by atoms with van der Waals surface area (Å²) in [4.78, 5) is 26.1. The molecular formula is C23H29ClN2O5. The molecule has 0 spiro atoms. The third kappa shape index (κ3) is 8.02. The van der Waals surface area contributed by atoms with E-state index in [-0.39, 0.29) is 24.5 Å². The summed E-state index contributed by atoms with van der Waals surface area (Å²) in [5.74, 6) is 1.16. The van der Waals surface area contributed by atoms with Gasteiger partial charge in [-0.05, 0) is 62.7 Å². The molecule has 2 amide bonds. The van der Waals surface area contributed by atoms with E-state index in [9.17, 15) is 9.59 Å². The van der Waals surface area contributed by atoms with E-state index in [1.54, 1.807) is 54.4 Å². The Balaban J connectivity index is 1.86. The first-order valence-electron chi connectivity index (χ1n) is 10.0. The molecule has 0 fully saturated rings. The summed E-state index contributed by atoms with van der Waals surface area (Å²) in [5.41, 5.74) is 0.469. The minimum Gasteiger partial charge on any atom is -0.494 e. The molecule has 0 heterocycles. The van der Waals surface area contributed by atoms with E-state index in [1.165, 1.54) is 7.11 Å². The van der Waals surface area contributed by atoms with E-state index in [2.05, 4.69) is 5.32 Å². The van der Waals surface area contributed by atoms with Crippen LogP contribution in [0.3, 0.4) is 0 Å². The Bertz CT molecular complexity index is 871. The molecule has 168 valence electrons. The number of nitrogens with zero attached hydrogens (tertiary/aromatic N) is 1. The Morgan fingerprint density at radius 2 is 1.77 bits per heavy atom. The number of nitrogens with one attached hydrogen (secondary N) is 1. The predicted octanol–water partition coefficient (Wildman–Crippen LogP) is 3.79. The SMILES string of the molecule is COc1cc(C(=O)N(C)CCCOc2ccc(Cl)cc2)ccc1OCC(=O)NC(C)C. The van der Waals surface area contributed by atoms with Gasteiger partial charge in [-0.3, -0.25) is 9.59 Å². The Labute approximate surface area is 188 Å². The Kier molecular flexibility index (Phi) is 9.46. The van der Waals surface area contributed by atoms with Crippen molar-refractivity contribution >= 4 is 23.4 Å². The first kappa shape index (κ1) is 24.3. The van der Waals surface area contributed by atoms with Gasteiger partial charge in [-0.1, -0.05) is 11.6 Å². The lowest BCUT2D eigenvalue weighted by atomic mass is 10.1. The minimum atomic E-state index is -0.224. The largest absolute Gasteiger partial charge is 0.494 e. The van der Waals surface area contributed by atoms with Gasteiger partial charge >= 0.3 is 0 Å². The standard InChI is InChI=1S/C23H29ClN2O5/c1-16(2)25-22(27)15-31-20-11-6-17(14-21(20)29-4)23(28)26(3)12-5-13-30-19-9-7-18(24)8-10-19/h6-11,14,16H,5,12-13,15H2,1-4H3,(H,25,27). The summed E-state index contributed by atoms with van der Waals surface area (Å²) in [7, 11) is 3.22. The number of ether oxygens (including phenoxy) is 3. The van der Waals surface area contributed by atoms with Crippen molar-refractivity contribution in [2.45, 2.75) is 26.3 Å². The Morgan fingerprint density at radius 3 is 2.42 bits per heavy atom. The highest BCUT2D eigenvalue weighted by molar-refractivity contribution is 6.30. The monoisotopic (exact) mass is 448 g/mol. The molecule has 0 saturated carbocycles. The zero-order valence-electron chi connectivity index (χ0n) is 18.3. The van der Waals surface area contributed by atoms with Gasteiger partial charge in [0.05, 0.1) is 13.7 Å². The molecule has 31 heavy (non-hydrogen) atoms. The van der Waals surface area contributed by atoms with Crippen molar-refractivity contribution in [1.82, 2.24) is 10.2 Å². The number of carbonyl (C=O) groups is 2. The van der Waals surface area contributed by atoms with Crippen molar-refractivity contribution in [3.8, 4) is 17.2 Å². The van der Waals surface area contributed by atoms with Gasteiger partial charge in [0.15, 0.2) is 18.1 Å². The molecule has 2 aromatic carbocycles. The third-order valence-corrected chi connectivity index (χ3v) is 4.54. The topological polar surface area (TPSA) is 77.1 Å². The van der Waals surface area contributed by atoms with Crippen LogP contribution < -0.4 is 19.5 Å². The number of benzene rings is 2. The van der Waals surface area contributed by atoms with Crippen molar-refractivity contribution < 1.29 is 23.8 Å². The molecule has 0 atom stereocenters. The van der Waals surface area contributed by atoms with Crippen LogP contribution in [0, 0.1) is 0 Å². The van der Waals surface area contributed by atoms with Gasteiger partial charge in [-0.15, -0.1) is 0 Å². The Morgan fingerprint density at radius 1 is 1.06 bits per heavy atom. The molecule has 0 aromatic heterocycles. The molecule has 0 radical (unpaired) electrons. The molecule has 0 aliphatic carbocycles. The number of hydrogen-bond acceptors (Lipinski definition) is 5. The number of methoxy groups -OCH3 is 1. The van der Waals surface area contributed by atoms with E-state index in [4.69, 9.17) is 25.8 Å². The molecular weight excluding hydrogens is 420 g/mol. The van der Waals surface area contributed by atoms with Crippen LogP contribution in [0.25, 0.3) is 0 Å². The zero-order valence-corrected chi connectivity index (χ0v) is 19.1. The fraction of sp³-hybridized carbons (Fsp3) is 0.391. The van der Waals surface area contributed by atoms with Crippen LogP contribution in [0.5, 0.6) is 17.2 Å². The highest BCUT2D eigenvalue weighted by Crippen LogP contribution is 2.28. The minimum absolute atomic E-state index is 0.0325. The first-order valence-corrected chi connectivity index (χ1v) is 10.4. The van der Waals surface area contributed by atoms with Crippen molar-refractivity contribution in [3.05, 3.63) is 53.1 Å². The Hall–Kier alpha value is -2.93. The van der Waals surface area contributed by atoms with Crippen molar-refractivity contribution in [1.29, 1.82) is 0 Å². The second kappa shape index (κ2) is 12.1. The average molecular weight is 449 g/mol. The molecule has 2 rings (SSSR count). The van der Waals surface area contributed by atoms with Gasteiger partial charge in [0.25, 0.3) is 11.8 Å². The van der Waals surface area contributed by atoms with Crippen LogP contribution in [0.4, 0.5) is 0 Å². The van der Waals surface area contributed by atoms with Crippen molar-refractivity contribution in [2.75, 3.05) is 33.9 Å². The number of hydrogen-bond donors (Lipinski definition) is 1. The highest BCUT2D eigenvalue weighted by Gasteiger charge is 2.16. The fourth-order valence-corrected chi connectivity index (χ4v) is 2.90. The maximum atomic E-state index is 12.7. The van der Waals surface area contributed by atoms with Crippen LogP contribution in [0.1, 0.15) is 30.6 Å². The second-order valence-electron chi connectivity index (χ2n) is 7.26. The van der Waals surface area contributed by atoms with Gasteiger partial charge in [-0.25, -0.2) is 0 Å². The van der Waals surface area contributed by atoms with Gasteiger partial charge in [0.1, 0.15) is 5.75 Å². The van der Waals surface area contributed by atoms with Gasteiger partial charge < -0.3 is 24.4 Å². The van der Waals surface area contributed by atoms with E-state index in [0.29, 0.717) is 41.7 Å². The summed E-state index contributed by atoms with van der Waals surface area (Å²) in [6.07, 6.45) is 0.675. The molecule has 7 nitrogen and oxygen atoms in total. The summed E-state index contributed by atoms with van der Waals surface area (Å²) in [6, 6.07) is 12.1. The summed E-state index contributed by atoms with van der Waals surface area (Å²) in [5, 5.41) is 3.41. The number of rotatable bonds is 11. The van der Waals surface area contributed by atoms with Crippen LogP contribution in [-0.4, -0.2) is 56.7 Å². The highest BCUT2D eigenvalue weighted by atomic mass is 35.5. The smallest absolute Gasteiger partial charge is 0.258 e. The number of amides is 2. The zero-order chi connectivity index (χ0) is 22.8. The lowest BCUT2D eigenvalue weighted by Gasteiger charge is -2.18. The van der Waals surface area contributed by atoms with E-state index in [0.717, 1.165) is 5.75 Å². The molecule has 0 aliphatic heterocycles. The quantitative estimate of drug-likeness (QED) is 0.529. The molecule has 8 heteroatoms. The molecule has 0 saturated heterocycles. The van der Waals surface area contributed by atoms with Crippen molar-refractivity contribution in [3.63, 3.8) is 0 Å². The summed E-state index contributed by atoms with van der Waals surface area (Å²) >= 11 is 5.85. The van der Waals surface area contributed by atoms with E-state index >= 15 is 0 Å². The summed E-state index contributed by atoms with van der Waals surface area (Å²) in [6.45, 7) is 4.63. The van der Waals surface area contributed by atoms with E-state index < -0.39 is 0 Å². The first-order chi connectivity index (χ1) is 14.8. The number of carbonyl (C=O) groups excluding carboxylic acids is 2. The van der Waals surface area contributed by atoms with Gasteiger partial charge in [-0.2, -0.15) is 0 Å². The van der Waals surface area contributed by atoms with Crippen molar-refractivity contribution in [2.24, 2.45) is 0 Å². The third-order valence-electron chi connectivity index (χ3n) is 4.29. The second-order valence-corrected chi connectivity index (χ2v) is 7.70. The van der Waals surface area contributed by atoms with Gasteiger partial charge in [0, 0.05) is 30.2 Å². The maximum Gasteiger partial charge on any atom is 0.258 e. The molecule has 2 aromatic rings. The predicted molar refractivity (Wildman–Crippen MR) is 120 cm³/mol. The lowest BCUT2D eigenvalue weighted by Crippen LogP contribution is -2.34. The van der Waals surface area contributed by atoms with Gasteiger partial charge in [0.2, 0.25) is 0 Å². The van der Waals surface area contributed by atoms with Crippen LogP contribution >= 0.6 is 11.6 Å². The normalized spacial score (nSPS) is 10.5. The molecule has 0 bridgehead atoms.